The molecule has 0 aliphatic carbocycles. The van der Waals surface area contributed by atoms with E-state index in [1.165, 1.54) is 35.7 Å². The van der Waals surface area contributed by atoms with Gasteiger partial charge in [0.15, 0.2) is 0 Å². The van der Waals surface area contributed by atoms with E-state index in [0.717, 1.165) is 0 Å². The minimum absolute atomic E-state index is 0.0212. The van der Waals surface area contributed by atoms with Gasteiger partial charge in [0.05, 0.1) is 12.6 Å². The van der Waals surface area contributed by atoms with Crippen LogP contribution < -0.4 is 16.0 Å². The molecule has 12 heteroatoms. The first-order valence-corrected chi connectivity index (χ1v) is 15.8. The Labute approximate surface area is 256 Å². The molecule has 0 bridgehead atoms. The van der Waals surface area contributed by atoms with E-state index in [2.05, 4.69) is 5.32 Å². The van der Waals surface area contributed by atoms with Crippen molar-refractivity contribution in [2.24, 2.45) is 5.73 Å². The number of anilines is 1. The van der Waals surface area contributed by atoms with Crippen molar-refractivity contribution in [1.29, 1.82) is 0 Å². The molecule has 0 unspecified atom stereocenters. The molecule has 0 heterocycles. The molecule has 2 aromatic rings. The predicted molar refractivity (Wildman–Crippen MR) is 165 cm³/mol. The standard InChI is InChI=1S/C29H39Cl2FN4O4S/c1-4-40-28(39)29(14-19-41-3,35(17-15-30)18-16-31)36(24-8-6-5-7-9-24)27(38)25(34-26(37)21(2)33)20-22-10-12-23(32)13-11-22/h5-13,21,25H,4,14-20,33H2,1-3H3,(H,34,37)/t21-,25-,29-/m0/s1. The maximum Gasteiger partial charge on any atom is 0.347 e. The van der Waals surface area contributed by atoms with E-state index in [-0.39, 0.29) is 44.3 Å². The molecular weight excluding hydrogens is 590 g/mol. The van der Waals surface area contributed by atoms with Crippen LogP contribution in [0.15, 0.2) is 54.6 Å². The number of carbonyl (C=O) groups is 3. The number of ether oxygens (including phenoxy) is 1. The number of benzene rings is 2. The van der Waals surface area contributed by atoms with Gasteiger partial charge in [-0.15, -0.1) is 23.2 Å². The summed E-state index contributed by atoms with van der Waals surface area (Å²) in [6.45, 7) is 3.74. The molecule has 0 fully saturated rings. The highest BCUT2D eigenvalue weighted by molar-refractivity contribution is 7.98. The van der Waals surface area contributed by atoms with Crippen LogP contribution in [0.2, 0.25) is 0 Å². The van der Waals surface area contributed by atoms with Gasteiger partial charge < -0.3 is 15.8 Å². The summed E-state index contributed by atoms with van der Waals surface area (Å²) in [5.41, 5.74) is 5.22. The smallest absolute Gasteiger partial charge is 0.347 e. The van der Waals surface area contributed by atoms with Gasteiger partial charge in [-0.25, -0.2) is 9.18 Å². The number of para-hydroxylation sites is 1. The fourth-order valence-corrected chi connectivity index (χ4v) is 5.42. The van der Waals surface area contributed by atoms with Crippen LogP contribution in [0.3, 0.4) is 0 Å². The Hall–Kier alpha value is -2.37. The van der Waals surface area contributed by atoms with Crippen LogP contribution in [-0.2, 0) is 25.5 Å². The summed E-state index contributed by atoms with van der Waals surface area (Å²) >= 11 is 14.0. The van der Waals surface area contributed by atoms with Crippen LogP contribution in [-0.4, -0.2) is 83.9 Å². The Morgan fingerprint density at radius 1 is 1.07 bits per heavy atom. The Morgan fingerprint density at radius 3 is 2.20 bits per heavy atom. The Bertz CT molecular complexity index is 1110. The molecule has 3 N–H and O–H groups in total. The van der Waals surface area contributed by atoms with E-state index in [9.17, 15) is 18.8 Å². The number of halogens is 3. The molecule has 0 aliphatic rings. The number of amides is 2. The van der Waals surface area contributed by atoms with E-state index in [4.69, 9.17) is 33.7 Å². The van der Waals surface area contributed by atoms with Crippen molar-refractivity contribution in [3.05, 3.63) is 66.0 Å². The lowest BCUT2D eigenvalue weighted by Gasteiger charge is -2.49. The number of thioether (sulfide) groups is 1. The van der Waals surface area contributed by atoms with Gasteiger partial charge in [-0.3, -0.25) is 19.4 Å². The Morgan fingerprint density at radius 2 is 1.68 bits per heavy atom. The van der Waals surface area contributed by atoms with Gasteiger partial charge in [0.1, 0.15) is 11.9 Å². The summed E-state index contributed by atoms with van der Waals surface area (Å²) in [7, 11) is 0. The monoisotopic (exact) mass is 628 g/mol. The van der Waals surface area contributed by atoms with Crippen molar-refractivity contribution < 1.29 is 23.5 Å². The van der Waals surface area contributed by atoms with Crippen molar-refractivity contribution in [1.82, 2.24) is 10.2 Å². The van der Waals surface area contributed by atoms with E-state index in [0.29, 0.717) is 17.0 Å². The first-order valence-electron chi connectivity index (χ1n) is 13.4. The van der Waals surface area contributed by atoms with Crippen LogP contribution in [0, 0.1) is 5.82 Å². The minimum Gasteiger partial charge on any atom is -0.463 e. The zero-order valence-corrected chi connectivity index (χ0v) is 26.0. The topological polar surface area (TPSA) is 105 Å². The number of nitrogens with two attached hydrogens (primary N) is 1. The van der Waals surface area contributed by atoms with Gasteiger partial charge in [-0.2, -0.15) is 11.8 Å². The van der Waals surface area contributed by atoms with Crippen molar-refractivity contribution in [2.75, 3.05) is 48.4 Å². The average Bonchev–Trinajstić information content (AvgIpc) is 2.96. The first-order chi connectivity index (χ1) is 19.7. The third kappa shape index (κ3) is 9.31. The number of nitrogens with one attached hydrogen (secondary N) is 1. The Balaban J connectivity index is 2.85. The van der Waals surface area contributed by atoms with Gasteiger partial charge in [-0.05, 0) is 55.7 Å². The molecule has 41 heavy (non-hydrogen) atoms. The molecule has 0 spiro atoms. The number of esters is 1. The normalized spacial score (nSPS) is 14.1. The Kier molecular flexibility index (Phi) is 14.9. The number of carbonyl (C=O) groups excluding carboxylic acids is 3. The summed E-state index contributed by atoms with van der Waals surface area (Å²) in [5, 5.41) is 2.75. The van der Waals surface area contributed by atoms with Gasteiger partial charge >= 0.3 is 5.97 Å². The molecule has 2 amide bonds. The van der Waals surface area contributed by atoms with Crippen LogP contribution in [0.1, 0.15) is 25.8 Å². The number of nitrogens with zero attached hydrogens (tertiary/aromatic N) is 2. The molecular formula is C29H39Cl2FN4O4S. The largest absolute Gasteiger partial charge is 0.463 e. The van der Waals surface area contributed by atoms with Crippen molar-refractivity contribution in [2.45, 2.75) is 44.4 Å². The summed E-state index contributed by atoms with van der Waals surface area (Å²) in [5.74, 6) is -1.38. The number of alkyl halides is 2. The highest BCUT2D eigenvalue weighted by Gasteiger charge is 2.53. The molecule has 0 radical (unpaired) electrons. The lowest BCUT2D eigenvalue weighted by molar-refractivity contribution is -0.160. The summed E-state index contributed by atoms with van der Waals surface area (Å²) in [4.78, 5) is 44.9. The molecule has 2 rings (SSSR count). The highest BCUT2D eigenvalue weighted by Crippen LogP contribution is 2.34. The third-order valence-electron chi connectivity index (χ3n) is 6.48. The fourth-order valence-electron chi connectivity index (χ4n) is 4.53. The molecule has 0 saturated heterocycles. The second-order valence-corrected chi connectivity index (χ2v) is 11.1. The number of rotatable bonds is 17. The van der Waals surface area contributed by atoms with Crippen LogP contribution >= 0.6 is 35.0 Å². The van der Waals surface area contributed by atoms with Crippen LogP contribution in [0.4, 0.5) is 10.1 Å². The summed E-state index contributed by atoms with van der Waals surface area (Å²) < 4.78 is 19.3. The average molecular weight is 630 g/mol. The minimum atomic E-state index is -1.65. The highest BCUT2D eigenvalue weighted by atomic mass is 35.5. The maximum atomic E-state index is 14.8. The van der Waals surface area contributed by atoms with Gasteiger partial charge in [0, 0.05) is 43.4 Å². The van der Waals surface area contributed by atoms with Gasteiger partial charge in [-0.1, -0.05) is 30.3 Å². The zero-order valence-electron chi connectivity index (χ0n) is 23.7. The van der Waals surface area contributed by atoms with Crippen LogP contribution in [0.25, 0.3) is 0 Å². The lowest BCUT2D eigenvalue weighted by Crippen LogP contribution is -2.71. The SMILES string of the molecule is CCOC(=O)[C@@](CCSC)(N(CCCl)CCCl)N(C(=O)[C@H](Cc1ccc(F)cc1)NC(=O)[C@H](C)N)c1ccccc1. The van der Waals surface area contributed by atoms with E-state index >= 15 is 0 Å². The van der Waals surface area contributed by atoms with Gasteiger partial charge in [0.2, 0.25) is 11.6 Å². The molecule has 3 atom stereocenters. The fraction of sp³-hybridized carbons (Fsp3) is 0.483. The second kappa shape index (κ2) is 17.6. The van der Waals surface area contributed by atoms with E-state index in [1.807, 2.05) is 6.26 Å². The number of hydrogen-bond donors (Lipinski definition) is 2. The molecule has 8 nitrogen and oxygen atoms in total. The summed E-state index contributed by atoms with van der Waals surface area (Å²) in [6.07, 6.45) is 2.11. The second-order valence-electron chi connectivity index (χ2n) is 9.33. The molecule has 226 valence electrons. The molecule has 0 saturated carbocycles. The van der Waals surface area contributed by atoms with Crippen molar-refractivity contribution in [3.63, 3.8) is 0 Å². The van der Waals surface area contributed by atoms with Crippen LogP contribution in [0.5, 0.6) is 0 Å². The quantitative estimate of drug-likeness (QED) is 0.155. The lowest BCUT2D eigenvalue weighted by atomic mass is 9.96. The van der Waals surface area contributed by atoms with Gasteiger partial charge in [0.25, 0.3) is 5.91 Å². The predicted octanol–water partition coefficient (Wildman–Crippen LogP) is 4.03. The van der Waals surface area contributed by atoms with E-state index < -0.39 is 41.3 Å². The maximum absolute atomic E-state index is 14.8. The van der Waals surface area contributed by atoms with Crippen molar-refractivity contribution >= 4 is 58.4 Å². The number of hydrogen-bond acceptors (Lipinski definition) is 7. The third-order valence-corrected chi connectivity index (χ3v) is 7.43. The molecule has 0 aromatic heterocycles. The van der Waals surface area contributed by atoms with E-state index in [1.54, 1.807) is 54.3 Å². The zero-order chi connectivity index (χ0) is 30.4. The molecule has 0 aliphatic heterocycles. The summed E-state index contributed by atoms with van der Waals surface area (Å²) in [6, 6.07) is 12.3. The van der Waals surface area contributed by atoms with Crippen molar-refractivity contribution in [3.8, 4) is 0 Å². The first kappa shape index (κ1) is 34.8. The molecule has 2 aromatic carbocycles.